The second-order valence-electron chi connectivity index (χ2n) is 8.04. The van der Waals surface area contributed by atoms with E-state index in [0.29, 0.717) is 35.9 Å². The largest absolute Gasteiger partial charge is 0.373 e. The zero-order valence-corrected chi connectivity index (χ0v) is 13.9. The molecule has 0 aromatic rings. The van der Waals surface area contributed by atoms with Crippen LogP contribution in [0.25, 0.3) is 0 Å². The fourth-order valence-electron chi connectivity index (χ4n) is 6.38. The van der Waals surface area contributed by atoms with Gasteiger partial charge in [0.2, 0.25) is 0 Å². The van der Waals surface area contributed by atoms with Gasteiger partial charge in [0.15, 0.2) is 5.78 Å². The highest BCUT2D eigenvalue weighted by atomic mass is 16.3. The van der Waals surface area contributed by atoms with Crippen LogP contribution in [0.2, 0.25) is 0 Å². The Labute approximate surface area is 139 Å². The molecule has 2 nitrogen and oxygen atoms in total. The highest BCUT2D eigenvalue weighted by Gasteiger charge is 2.61. The Morgan fingerprint density at radius 3 is 2.87 bits per heavy atom. The first-order valence-electron chi connectivity index (χ1n) is 9.17. The molecular weight excluding hydrogens is 284 g/mol. The summed E-state index contributed by atoms with van der Waals surface area (Å²) in [5, 5.41) is 11.0. The number of rotatable bonds is 1. The van der Waals surface area contributed by atoms with Gasteiger partial charge in [-0.3, -0.25) is 4.79 Å². The predicted molar refractivity (Wildman–Crippen MR) is 90.4 cm³/mol. The van der Waals surface area contributed by atoms with Gasteiger partial charge < -0.3 is 5.11 Å². The predicted octanol–water partition coefficient (Wildman–Crippen LogP) is 3.66. The standard InChI is InChI=1S/C21H26O2/c1-3-20-11-9-17-16-8-6-15(22)13-14(16)5-7-18(17)19(20)10-12-21(20,23)4-2/h2,10,12-13,16-19,23H,3,5-9,11H2,1H3/t16-,17+,18+,19+,20+,21-/m1/s1. The van der Waals surface area contributed by atoms with Gasteiger partial charge in [-0.15, -0.1) is 6.42 Å². The lowest BCUT2D eigenvalue weighted by Crippen LogP contribution is -2.54. The number of hydrogen-bond donors (Lipinski definition) is 1. The number of aliphatic hydroxyl groups is 1. The molecule has 1 N–H and O–H groups in total. The molecule has 0 amide bonds. The molecule has 0 aliphatic heterocycles. The number of terminal acetylenes is 1. The van der Waals surface area contributed by atoms with Crippen molar-refractivity contribution in [2.45, 2.75) is 57.5 Å². The van der Waals surface area contributed by atoms with Crippen molar-refractivity contribution in [1.29, 1.82) is 0 Å². The Bertz CT molecular complexity index is 637. The molecule has 4 aliphatic rings. The first-order chi connectivity index (χ1) is 11.0. The van der Waals surface area contributed by atoms with E-state index in [4.69, 9.17) is 6.42 Å². The number of ketones is 1. The second kappa shape index (κ2) is 5.08. The van der Waals surface area contributed by atoms with Gasteiger partial charge in [0.1, 0.15) is 5.60 Å². The summed E-state index contributed by atoms with van der Waals surface area (Å²) in [7, 11) is 0. The van der Waals surface area contributed by atoms with E-state index in [0.717, 1.165) is 38.5 Å². The molecule has 0 saturated heterocycles. The number of hydrogen-bond acceptors (Lipinski definition) is 2. The molecule has 0 aromatic carbocycles. The quantitative estimate of drug-likeness (QED) is 0.593. The van der Waals surface area contributed by atoms with E-state index in [1.807, 2.05) is 12.2 Å². The van der Waals surface area contributed by atoms with Crippen LogP contribution in [0.3, 0.4) is 0 Å². The Morgan fingerprint density at radius 1 is 1.30 bits per heavy atom. The van der Waals surface area contributed by atoms with Gasteiger partial charge in [-0.1, -0.05) is 24.5 Å². The lowest BCUT2D eigenvalue weighted by Gasteiger charge is -2.55. The third kappa shape index (κ3) is 1.89. The number of fused-ring (bicyclic) bond motifs is 5. The molecule has 0 heterocycles. The van der Waals surface area contributed by atoms with Gasteiger partial charge in [0.25, 0.3) is 0 Å². The van der Waals surface area contributed by atoms with Crippen LogP contribution in [0, 0.1) is 41.4 Å². The summed E-state index contributed by atoms with van der Waals surface area (Å²) >= 11 is 0. The van der Waals surface area contributed by atoms with Gasteiger partial charge in [0, 0.05) is 11.8 Å². The van der Waals surface area contributed by atoms with Crippen LogP contribution in [0.4, 0.5) is 0 Å². The van der Waals surface area contributed by atoms with Crippen molar-refractivity contribution in [3.63, 3.8) is 0 Å². The van der Waals surface area contributed by atoms with Crippen LogP contribution in [-0.4, -0.2) is 16.5 Å². The van der Waals surface area contributed by atoms with Crippen LogP contribution >= 0.6 is 0 Å². The van der Waals surface area contributed by atoms with Crippen LogP contribution in [0.5, 0.6) is 0 Å². The normalized spacial score (nSPS) is 48.0. The third-order valence-electron chi connectivity index (χ3n) is 7.54. The van der Waals surface area contributed by atoms with E-state index < -0.39 is 5.60 Å². The lowest BCUT2D eigenvalue weighted by molar-refractivity contribution is -0.116. The maximum absolute atomic E-state index is 11.7. The first-order valence-corrected chi connectivity index (χ1v) is 9.17. The minimum Gasteiger partial charge on any atom is -0.373 e. The molecule has 0 radical (unpaired) electrons. The Morgan fingerprint density at radius 2 is 2.13 bits per heavy atom. The zero-order chi connectivity index (χ0) is 16.2. The molecular formula is C21H26O2. The molecule has 2 heteroatoms. The van der Waals surface area contributed by atoms with Crippen molar-refractivity contribution in [1.82, 2.24) is 0 Å². The maximum atomic E-state index is 11.7. The van der Waals surface area contributed by atoms with E-state index in [1.54, 1.807) is 0 Å². The molecule has 0 unspecified atom stereocenters. The summed E-state index contributed by atoms with van der Waals surface area (Å²) in [5.74, 6) is 5.28. The number of carbonyl (C=O) groups is 1. The average molecular weight is 310 g/mol. The highest BCUT2D eigenvalue weighted by molar-refractivity contribution is 5.91. The molecule has 4 rings (SSSR count). The SMILES string of the molecule is C#C[C@@]1(O)C=C[C@H]2[C@H]3CCC4=CC(=O)CC[C@H]4[C@@H]3CC[C@@]21CC. The summed E-state index contributed by atoms with van der Waals surface area (Å²) in [6, 6.07) is 0. The fourth-order valence-corrected chi connectivity index (χ4v) is 6.38. The number of carbonyl (C=O) groups excluding carboxylic acids is 1. The average Bonchev–Trinajstić information content (AvgIpc) is 2.88. The van der Waals surface area contributed by atoms with Crippen LogP contribution in [-0.2, 0) is 4.79 Å². The summed E-state index contributed by atoms with van der Waals surface area (Å²) in [5.41, 5.74) is 0.158. The van der Waals surface area contributed by atoms with Crippen LogP contribution in [0.1, 0.15) is 51.9 Å². The third-order valence-corrected chi connectivity index (χ3v) is 7.54. The first kappa shape index (κ1) is 15.2. The molecule has 0 bridgehead atoms. The smallest absolute Gasteiger partial charge is 0.155 e. The maximum Gasteiger partial charge on any atom is 0.155 e. The van der Waals surface area contributed by atoms with Crippen molar-refractivity contribution < 1.29 is 9.90 Å². The molecule has 2 fully saturated rings. The van der Waals surface area contributed by atoms with Gasteiger partial charge >= 0.3 is 0 Å². The summed E-state index contributed by atoms with van der Waals surface area (Å²) in [6.45, 7) is 2.18. The van der Waals surface area contributed by atoms with E-state index in [-0.39, 0.29) is 5.41 Å². The molecule has 0 spiro atoms. The van der Waals surface area contributed by atoms with E-state index in [2.05, 4.69) is 18.9 Å². The van der Waals surface area contributed by atoms with E-state index >= 15 is 0 Å². The van der Waals surface area contributed by atoms with E-state index in [9.17, 15) is 9.90 Å². The van der Waals surface area contributed by atoms with Gasteiger partial charge in [-0.05, 0) is 74.3 Å². The minimum absolute atomic E-state index is 0.172. The highest BCUT2D eigenvalue weighted by Crippen LogP contribution is 2.63. The van der Waals surface area contributed by atoms with Crippen molar-refractivity contribution in [3.05, 3.63) is 23.8 Å². The number of allylic oxidation sites excluding steroid dienone is 3. The van der Waals surface area contributed by atoms with Crippen molar-refractivity contribution in [3.8, 4) is 12.3 Å². The van der Waals surface area contributed by atoms with Crippen LogP contribution in [0.15, 0.2) is 23.8 Å². The summed E-state index contributed by atoms with van der Waals surface area (Å²) in [6.07, 6.45) is 18.8. The zero-order valence-electron chi connectivity index (χ0n) is 13.9. The molecule has 23 heavy (non-hydrogen) atoms. The molecule has 2 saturated carbocycles. The van der Waals surface area contributed by atoms with Gasteiger partial charge in [0.05, 0.1) is 0 Å². The molecule has 6 atom stereocenters. The van der Waals surface area contributed by atoms with Crippen molar-refractivity contribution >= 4 is 5.78 Å². The van der Waals surface area contributed by atoms with E-state index in [1.165, 1.54) is 5.57 Å². The second-order valence-corrected chi connectivity index (χ2v) is 8.04. The Hall–Kier alpha value is -1.33. The lowest BCUT2D eigenvalue weighted by atomic mass is 9.49. The minimum atomic E-state index is -1.07. The van der Waals surface area contributed by atoms with Gasteiger partial charge in [-0.2, -0.15) is 0 Å². The Kier molecular flexibility index (Phi) is 3.36. The molecule has 122 valence electrons. The van der Waals surface area contributed by atoms with Gasteiger partial charge in [-0.25, -0.2) is 0 Å². The molecule has 4 aliphatic carbocycles. The van der Waals surface area contributed by atoms with Crippen molar-refractivity contribution in [2.24, 2.45) is 29.1 Å². The van der Waals surface area contributed by atoms with Crippen LogP contribution < -0.4 is 0 Å². The monoisotopic (exact) mass is 310 g/mol. The summed E-state index contributed by atoms with van der Waals surface area (Å²) < 4.78 is 0. The fraction of sp³-hybridized carbons (Fsp3) is 0.667. The Balaban J connectivity index is 1.69. The summed E-state index contributed by atoms with van der Waals surface area (Å²) in [4.78, 5) is 11.7. The van der Waals surface area contributed by atoms with Crippen molar-refractivity contribution in [2.75, 3.05) is 0 Å². The molecule has 0 aromatic heterocycles. The topological polar surface area (TPSA) is 37.3 Å².